The van der Waals surface area contributed by atoms with Crippen LogP contribution in [0.5, 0.6) is 0 Å². The molecule has 0 bridgehead atoms. The van der Waals surface area contributed by atoms with Gasteiger partial charge in [-0.05, 0) is 22.8 Å². The average molecular weight is 461 g/mol. The molecule has 3 heterocycles. The third-order valence-corrected chi connectivity index (χ3v) is 6.56. The molecule has 4 nitrogen and oxygen atoms in total. The van der Waals surface area contributed by atoms with Crippen molar-refractivity contribution in [2.75, 3.05) is 0 Å². The maximum atomic E-state index is 6.53. The SMILES string of the molecule is Clc1cc(-c2cnn(C(c3ccccc3)(c3ccccc3)c3ccccc3)c2)cn2ccnc12. The number of pyridine rings is 1. The van der Waals surface area contributed by atoms with Gasteiger partial charge in [-0.3, -0.25) is 4.68 Å². The molecule has 0 spiro atoms. The number of halogens is 1. The van der Waals surface area contributed by atoms with Gasteiger partial charge in [-0.1, -0.05) is 103 Å². The third-order valence-electron chi connectivity index (χ3n) is 6.28. The van der Waals surface area contributed by atoms with E-state index in [1.165, 1.54) is 0 Å². The molecule has 164 valence electrons. The van der Waals surface area contributed by atoms with Crippen molar-refractivity contribution >= 4 is 17.2 Å². The van der Waals surface area contributed by atoms with Gasteiger partial charge in [-0.25, -0.2) is 4.98 Å². The van der Waals surface area contributed by atoms with E-state index in [1.54, 1.807) is 6.20 Å². The number of hydrogen-bond donors (Lipinski definition) is 0. The molecule has 0 aliphatic heterocycles. The van der Waals surface area contributed by atoms with E-state index in [-0.39, 0.29) is 0 Å². The van der Waals surface area contributed by atoms with Crippen molar-refractivity contribution in [2.24, 2.45) is 0 Å². The van der Waals surface area contributed by atoms with Crippen LogP contribution in [0.15, 0.2) is 128 Å². The summed E-state index contributed by atoms with van der Waals surface area (Å²) in [7, 11) is 0. The topological polar surface area (TPSA) is 35.1 Å². The van der Waals surface area contributed by atoms with Gasteiger partial charge in [0.15, 0.2) is 5.65 Å². The lowest BCUT2D eigenvalue weighted by Crippen LogP contribution is -2.38. The minimum absolute atomic E-state index is 0.607. The first-order valence-corrected chi connectivity index (χ1v) is 11.5. The zero-order valence-electron chi connectivity index (χ0n) is 18.3. The summed E-state index contributed by atoms with van der Waals surface area (Å²) in [5.74, 6) is 0. The van der Waals surface area contributed by atoms with Crippen LogP contribution in [-0.4, -0.2) is 19.2 Å². The zero-order valence-corrected chi connectivity index (χ0v) is 19.0. The van der Waals surface area contributed by atoms with E-state index in [4.69, 9.17) is 16.7 Å². The molecule has 0 unspecified atom stereocenters. The lowest BCUT2D eigenvalue weighted by atomic mass is 9.77. The van der Waals surface area contributed by atoms with Gasteiger partial charge in [0.25, 0.3) is 0 Å². The molecule has 0 N–H and O–H groups in total. The van der Waals surface area contributed by atoms with Crippen LogP contribution in [0.1, 0.15) is 16.7 Å². The first-order chi connectivity index (χ1) is 16.8. The average Bonchev–Trinajstić information content (AvgIpc) is 3.57. The number of benzene rings is 3. The predicted octanol–water partition coefficient (Wildman–Crippen LogP) is 6.69. The lowest BCUT2D eigenvalue weighted by molar-refractivity contribution is 0.460. The van der Waals surface area contributed by atoms with Gasteiger partial charge in [-0.2, -0.15) is 5.10 Å². The number of hydrogen-bond acceptors (Lipinski definition) is 2. The molecule has 5 heteroatoms. The van der Waals surface area contributed by atoms with E-state index in [2.05, 4.69) is 88.7 Å². The normalized spacial score (nSPS) is 11.7. The Kier molecular flexibility index (Phi) is 5.01. The van der Waals surface area contributed by atoms with E-state index >= 15 is 0 Å². The van der Waals surface area contributed by atoms with Crippen molar-refractivity contribution in [1.29, 1.82) is 0 Å². The number of rotatable bonds is 5. The minimum Gasteiger partial charge on any atom is -0.305 e. The summed E-state index contributed by atoms with van der Waals surface area (Å²) in [6, 6.07) is 33.5. The monoisotopic (exact) mass is 460 g/mol. The molecule has 0 atom stereocenters. The Morgan fingerprint density at radius 1 is 0.676 bits per heavy atom. The Hall–Kier alpha value is -4.15. The molecule has 0 aliphatic carbocycles. The second kappa shape index (κ2) is 8.32. The van der Waals surface area contributed by atoms with Crippen molar-refractivity contribution in [3.05, 3.63) is 150 Å². The molecule has 34 heavy (non-hydrogen) atoms. The minimum atomic E-state index is -0.648. The van der Waals surface area contributed by atoms with Gasteiger partial charge >= 0.3 is 0 Å². The predicted molar refractivity (Wildman–Crippen MR) is 136 cm³/mol. The Balaban J connectivity index is 1.62. The Bertz CT molecular complexity index is 1460. The maximum absolute atomic E-state index is 6.53. The van der Waals surface area contributed by atoms with Crippen molar-refractivity contribution in [3.8, 4) is 11.1 Å². The highest BCUT2D eigenvalue weighted by molar-refractivity contribution is 6.33. The second-order valence-electron chi connectivity index (χ2n) is 8.22. The van der Waals surface area contributed by atoms with Gasteiger partial charge in [0.2, 0.25) is 0 Å². The second-order valence-corrected chi connectivity index (χ2v) is 8.62. The summed E-state index contributed by atoms with van der Waals surface area (Å²) in [4.78, 5) is 4.33. The summed E-state index contributed by atoms with van der Waals surface area (Å²) in [5.41, 5.74) is 5.44. The number of aromatic nitrogens is 4. The fourth-order valence-electron chi connectivity index (χ4n) is 4.74. The standard InChI is InChI=1S/C29H21ClN4/c30-27-18-22(20-33-17-16-31-28(27)33)23-19-32-34(21-23)29(24-10-4-1-5-11-24,25-12-6-2-7-13-25)26-14-8-3-9-15-26/h1-21H. The van der Waals surface area contributed by atoms with Crippen LogP contribution in [0.2, 0.25) is 5.02 Å². The largest absolute Gasteiger partial charge is 0.305 e. The number of imidazole rings is 1. The third kappa shape index (κ3) is 3.23. The van der Waals surface area contributed by atoms with Crippen molar-refractivity contribution in [2.45, 2.75) is 5.54 Å². The highest BCUT2D eigenvalue weighted by atomic mass is 35.5. The summed E-state index contributed by atoms with van der Waals surface area (Å²) < 4.78 is 4.00. The highest BCUT2D eigenvalue weighted by Gasteiger charge is 2.39. The van der Waals surface area contributed by atoms with Crippen molar-refractivity contribution in [1.82, 2.24) is 19.2 Å². The summed E-state index contributed by atoms with van der Waals surface area (Å²) in [6.45, 7) is 0. The van der Waals surface area contributed by atoms with E-state index in [1.807, 2.05) is 47.3 Å². The molecule has 0 saturated heterocycles. The van der Waals surface area contributed by atoms with Gasteiger partial charge < -0.3 is 4.40 Å². The number of fused-ring (bicyclic) bond motifs is 1. The molecule has 0 fully saturated rings. The summed E-state index contributed by atoms with van der Waals surface area (Å²) >= 11 is 6.53. The Morgan fingerprint density at radius 3 is 1.79 bits per heavy atom. The first kappa shape index (κ1) is 20.5. The molecular weight excluding hydrogens is 440 g/mol. The van der Waals surface area contributed by atoms with Crippen molar-refractivity contribution in [3.63, 3.8) is 0 Å². The first-order valence-electron chi connectivity index (χ1n) is 11.1. The molecule has 0 saturated carbocycles. The Morgan fingerprint density at radius 2 is 1.24 bits per heavy atom. The quantitative estimate of drug-likeness (QED) is 0.268. The van der Waals surface area contributed by atoms with Crippen LogP contribution < -0.4 is 0 Å². The van der Waals surface area contributed by atoms with Crippen molar-refractivity contribution < 1.29 is 0 Å². The smallest absolute Gasteiger partial charge is 0.155 e. The molecule has 6 aromatic rings. The van der Waals surface area contributed by atoms with Crippen LogP contribution in [0.4, 0.5) is 0 Å². The van der Waals surface area contributed by atoms with Crippen LogP contribution in [0, 0.1) is 0 Å². The molecule has 3 aromatic heterocycles. The fraction of sp³-hybridized carbons (Fsp3) is 0.0345. The van der Waals surface area contributed by atoms with E-state index in [9.17, 15) is 0 Å². The molecule has 6 rings (SSSR count). The van der Waals surface area contributed by atoms with Crippen LogP contribution in [0.3, 0.4) is 0 Å². The van der Waals surface area contributed by atoms with E-state index < -0.39 is 5.54 Å². The van der Waals surface area contributed by atoms with Crippen LogP contribution in [-0.2, 0) is 5.54 Å². The fourth-order valence-corrected chi connectivity index (χ4v) is 5.00. The lowest BCUT2D eigenvalue weighted by Gasteiger charge is -2.36. The molecule has 0 amide bonds. The van der Waals surface area contributed by atoms with Crippen LogP contribution >= 0.6 is 11.6 Å². The van der Waals surface area contributed by atoms with Gasteiger partial charge in [0.1, 0.15) is 5.54 Å². The summed E-state index contributed by atoms with van der Waals surface area (Å²) in [5, 5.41) is 5.55. The maximum Gasteiger partial charge on any atom is 0.155 e. The van der Waals surface area contributed by atoms with E-state index in [0.29, 0.717) is 5.02 Å². The highest BCUT2D eigenvalue weighted by Crippen LogP contribution is 2.41. The van der Waals surface area contributed by atoms with Gasteiger partial charge in [0.05, 0.1) is 11.2 Å². The zero-order chi connectivity index (χ0) is 23.0. The van der Waals surface area contributed by atoms with Gasteiger partial charge in [0, 0.05) is 35.9 Å². The molecular formula is C29H21ClN4. The molecule has 3 aromatic carbocycles. The van der Waals surface area contributed by atoms with Crippen LogP contribution in [0.25, 0.3) is 16.8 Å². The van der Waals surface area contributed by atoms with Gasteiger partial charge in [-0.15, -0.1) is 0 Å². The summed E-state index contributed by atoms with van der Waals surface area (Å²) in [6.07, 6.45) is 9.68. The molecule has 0 radical (unpaired) electrons. The van der Waals surface area contributed by atoms with E-state index in [0.717, 1.165) is 33.5 Å². The molecule has 0 aliphatic rings. The Labute approximate surface area is 202 Å². The number of nitrogens with zero attached hydrogens (tertiary/aromatic N) is 4.